The van der Waals surface area contributed by atoms with E-state index in [1.54, 1.807) is 6.92 Å². The maximum Gasteiger partial charge on any atom is 0.273 e. The topological polar surface area (TPSA) is 77.1 Å². The number of nitrogens with zero attached hydrogens (tertiary/aromatic N) is 4. The average Bonchev–Trinajstić information content (AvgIpc) is 2.84. The van der Waals surface area contributed by atoms with E-state index < -0.39 is 0 Å². The van der Waals surface area contributed by atoms with Gasteiger partial charge in [0, 0.05) is 12.1 Å². The van der Waals surface area contributed by atoms with E-state index in [0.29, 0.717) is 17.9 Å². The van der Waals surface area contributed by atoms with Crippen molar-refractivity contribution in [3.8, 4) is 0 Å². The molecule has 0 radical (unpaired) electrons. The zero-order chi connectivity index (χ0) is 14.8. The third-order valence-corrected chi connectivity index (χ3v) is 4.38. The molecule has 1 aromatic rings. The largest absolute Gasteiger partial charge is 0.349 e. The monoisotopic (exact) mass is 280 g/mol. The Kier molecular flexibility index (Phi) is 4.39. The van der Waals surface area contributed by atoms with Crippen LogP contribution in [0.5, 0.6) is 0 Å². The molecule has 0 spiro atoms. The fourth-order valence-corrected chi connectivity index (χ4v) is 2.64. The second-order valence-corrected chi connectivity index (χ2v) is 5.86. The van der Waals surface area contributed by atoms with Crippen LogP contribution in [0.4, 0.5) is 0 Å². The molecular weight excluding hydrogens is 256 g/mol. The molecule has 112 valence electrons. The number of piperidine rings is 1. The number of carbonyl (C=O) groups is 1. The summed E-state index contributed by atoms with van der Waals surface area (Å²) in [4.78, 5) is 16.7. The molecule has 0 aromatic carbocycles. The van der Waals surface area contributed by atoms with Crippen LogP contribution in [0.3, 0.4) is 0 Å². The van der Waals surface area contributed by atoms with E-state index in [1.165, 1.54) is 0 Å². The molecule has 0 bridgehead atoms. The van der Waals surface area contributed by atoms with Crippen LogP contribution < -0.4 is 5.32 Å². The molecule has 1 fully saturated rings. The number of aromatic amines is 1. The van der Waals surface area contributed by atoms with Gasteiger partial charge in [-0.15, -0.1) is 0 Å². The minimum Gasteiger partial charge on any atom is -0.349 e. The molecule has 0 saturated carbocycles. The van der Waals surface area contributed by atoms with E-state index in [0.717, 1.165) is 25.9 Å². The third kappa shape index (κ3) is 2.99. The number of H-pyrrole nitrogens is 1. The highest BCUT2D eigenvalue weighted by Crippen LogP contribution is 2.25. The van der Waals surface area contributed by atoms with Gasteiger partial charge in [0.1, 0.15) is 0 Å². The molecule has 1 aliphatic heterocycles. The van der Waals surface area contributed by atoms with Crippen LogP contribution in [0.15, 0.2) is 0 Å². The van der Waals surface area contributed by atoms with Gasteiger partial charge >= 0.3 is 0 Å². The van der Waals surface area contributed by atoms with Crippen molar-refractivity contribution < 1.29 is 4.79 Å². The average molecular weight is 280 g/mol. The second-order valence-electron chi connectivity index (χ2n) is 5.86. The van der Waals surface area contributed by atoms with Crippen LogP contribution in [-0.4, -0.2) is 77.4 Å². The molecule has 2 heterocycles. The highest BCUT2D eigenvalue weighted by Gasteiger charge is 2.36. The minimum absolute atomic E-state index is 0.0276. The standard InChI is InChI=1S/C13H24N6O/c1-10-11(16-17-15-10)12(20)14-9-13(18(2)3)5-7-19(4)8-6-13/h5-9H2,1-4H3,(H,14,20)(H,15,16,17). The molecule has 20 heavy (non-hydrogen) atoms. The van der Waals surface area contributed by atoms with E-state index >= 15 is 0 Å². The Labute approximate surface area is 119 Å². The van der Waals surface area contributed by atoms with Gasteiger partial charge in [-0.1, -0.05) is 0 Å². The van der Waals surface area contributed by atoms with Crippen molar-refractivity contribution >= 4 is 5.91 Å². The summed E-state index contributed by atoms with van der Waals surface area (Å²) in [6, 6.07) is 0. The Hall–Kier alpha value is -1.47. The predicted molar refractivity (Wildman–Crippen MR) is 76.6 cm³/mol. The van der Waals surface area contributed by atoms with Gasteiger partial charge in [-0.05, 0) is 54.0 Å². The zero-order valence-electron chi connectivity index (χ0n) is 12.7. The van der Waals surface area contributed by atoms with E-state index in [4.69, 9.17) is 0 Å². The zero-order valence-corrected chi connectivity index (χ0v) is 12.7. The Bertz CT molecular complexity index is 461. The lowest BCUT2D eigenvalue weighted by atomic mass is 9.86. The number of nitrogens with one attached hydrogen (secondary N) is 2. The second kappa shape index (κ2) is 5.88. The summed E-state index contributed by atoms with van der Waals surface area (Å²) < 4.78 is 0. The number of amides is 1. The normalized spacial score (nSPS) is 19.2. The molecule has 2 rings (SSSR count). The molecule has 1 aliphatic rings. The number of rotatable bonds is 4. The van der Waals surface area contributed by atoms with Crippen molar-refractivity contribution in [3.05, 3.63) is 11.4 Å². The highest BCUT2D eigenvalue weighted by molar-refractivity contribution is 5.93. The third-order valence-electron chi connectivity index (χ3n) is 4.38. The number of aromatic nitrogens is 3. The lowest BCUT2D eigenvalue weighted by Crippen LogP contribution is -2.58. The van der Waals surface area contributed by atoms with Gasteiger partial charge in [0.05, 0.1) is 5.69 Å². The summed E-state index contributed by atoms with van der Waals surface area (Å²) in [5.74, 6) is -0.156. The molecule has 2 N–H and O–H groups in total. The van der Waals surface area contributed by atoms with Gasteiger partial charge < -0.3 is 15.1 Å². The Morgan fingerprint density at radius 3 is 2.55 bits per heavy atom. The van der Waals surface area contributed by atoms with Crippen molar-refractivity contribution in [2.24, 2.45) is 0 Å². The Balaban J connectivity index is 2.00. The Morgan fingerprint density at radius 2 is 2.05 bits per heavy atom. The number of likely N-dealkylation sites (tertiary alicyclic amines) is 1. The lowest BCUT2D eigenvalue weighted by Gasteiger charge is -2.45. The molecule has 1 saturated heterocycles. The molecular formula is C13H24N6O. The van der Waals surface area contributed by atoms with Crippen LogP contribution in [0, 0.1) is 6.92 Å². The summed E-state index contributed by atoms with van der Waals surface area (Å²) in [5, 5.41) is 13.3. The van der Waals surface area contributed by atoms with Crippen molar-refractivity contribution in [3.63, 3.8) is 0 Å². The van der Waals surface area contributed by atoms with Crippen LogP contribution in [0.25, 0.3) is 0 Å². The number of aryl methyl sites for hydroxylation is 1. The van der Waals surface area contributed by atoms with Gasteiger partial charge in [-0.2, -0.15) is 15.4 Å². The number of hydrogen-bond donors (Lipinski definition) is 2. The van der Waals surface area contributed by atoms with Crippen molar-refractivity contribution in [1.29, 1.82) is 0 Å². The number of carbonyl (C=O) groups excluding carboxylic acids is 1. The van der Waals surface area contributed by atoms with E-state index in [1.807, 2.05) is 0 Å². The quantitative estimate of drug-likeness (QED) is 0.803. The smallest absolute Gasteiger partial charge is 0.273 e. The minimum atomic E-state index is -0.156. The maximum atomic E-state index is 12.1. The first kappa shape index (κ1) is 14.9. The summed E-state index contributed by atoms with van der Waals surface area (Å²) in [7, 11) is 6.30. The molecule has 7 nitrogen and oxygen atoms in total. The highest BCUT2D eigenvalue weighted by atomic mass is 16.2. The summed E-state index contributed by atoms with van der Waals surface area (Å²) in [5.41, 5.74) is 1.04. The summed E-state index contributed by atoms with van der Waals surface area (Å²) in [6.45, 7) is 4.52. The first-order valence-electron chi connectivity index (χ1n) is 6.96. The van der Waals surface area contributed by atoms with Gasteiger partial charge in [0.25, 0.3) is 5.91 Å². The van der Waals surface area contributed by atoms with Gasteiger partial charge in [0.2, 0.25) is 0 Å². The molecule has 1 aromatic heterocycles. The fraction of sp³-hybridized carbons (Fsp3) is 0.769. The maximum absolute atomic E-state index is 12.1. The van der Waals surface area contributed by atoms with Gasteiger partial charge in [-0.3, -0.25) is 4.79 Å². The van der Waals surface area contributed by atoms with Crippen LogP contribution in [0.1, 0.15) is 29.0 Å². The molecule has 1 amide bonds. The van der Waals surface area contributed by atoms with Crippen molar-refractivity contribution in [2.75, 3.05) is 40.8 Å². The SMILES string of the molecule is Cc1n[nH]nc1C(=O)NCC1(N(C)C)CCN(C)CC1. The Morgan fingerprint density at radius 1 is 1.40 bits per heavy atom. The van der Waals surface area contributed by atoms with Crippen LogP contribution in [-0.2, 0) is 0 Å². The fourth-order valence-electron chi connectivity index (χ4n) is 2.64. The number of likely N-dealkylation sites (N-methyl/N-ethyl adjacent to an activating group) is 1. The molecule has 0 aliphatic carbocycles. The number of hydrogen-bond acceptors (Lipinski definition) is 5. The molecule has 0 atom stereocenters. The van der Waals surface area contributed by atoms with Crippen molar-refractivity contribution in [2.45, 2.75) is 25.3 Å². The van der Waals surface area contributed by atoms with Gasteiger partial charge in [-0.25, -0.2) is 0 Å². The van der Waals surface area contributed by atoms with E-state index in [-0.39, 0.29) is 11.4 Å². The first-order chi connectivity index (χ1) is 9.44. The van der Waals surface area contributed by atoms with Crippen molar-refractivity contribution in [1.82, 2.24) is 30.5 Å². The lowest BCUT2D eigenvalue weighted by molar-refractivity contribution is 0.0610. The molecule has 0 unspecified atom stereocenters. The summed E-state index contributed by atoms with van der Waals surface area (Å²) in [6.07, 6.45) is 2.10. The van der Waals surface area contributed by atoms with E-state index in [2.05, 4.69) is 51.7 Å². The van der Waals surface area contributed by atoms with Gasteiger partial charge in [0.15, 0.2) is 5.69 Å². The summed E-state index contributed by atoms with van der Waals surface area (Å²) >= 11 is 0. The van der Waals surface area contributed by atoms with Crippen LogP contribution in [0.2, 0.25) is 0 Å². The van der Waals surface area contributed by atoms with Crippen LogP contribution >= 0.6 is 0 Å². The first-order valence-corrected chi connectivity index (χ1v) is 6.96. The predicted octanol–water partition coefficient (Wildman–Crippen LogP) is -0.131. The van der Waals surface area contributed by atoms with E-state index in [9.17, 15) is 4.79 Å². The molecule has 7 heteroatoms.